The van der Waals surface area contributed by atoms with Crippen LogP contribution in [0.15, 0.2) is 46.0 Å². The first-order chi connectivity index (χ1) is 15.2. The van der Waals surface area contributed by atoms with Gasteiger partial charge in [-0.2, -0.15) is 11.3 Å². The fourth-order valence-electron chi connectivity index (χ4n) is 5.21. The number of carbonyl (C=O) groups is 3. The number of thiophene rings is 1. The second-order valence-electron chi connectivity index (χ2n) is 9.72. The Morgan fingerprint density at radius 2 is 2.03 bits per heavy atom. The van der Waals surface area contributed by atoms with Crippen LogP contribution in [0.1, 0.15) is 45.6 Å². The van der Waals surface area contributed by atoms with E-state index in [1.54, 1.807) is 23.1 Å². The van der Waals surface area contributed by atoms with E-state index >= 15 is 0 Å². The zero-order valence-corrected chi connectivity index (χ0v) is 20.3. The van der Waals surface area contributed by atoms with Gasteiger partial charge in [0, 0.05) is 10.6 Å². The van der Waals surface area contributed by atoms with Crippen LogP contribution < -0.4 is 10.6 Å². The summed E-state index contributed by atoms with van der Waals surface area (Å²) in [6.07, 6.45) is 2.22. The molecule has 32 heavy (non-hydrogen) atoms. The van der Waals surface area contributed by atoms with Crippen LogP contribution in [0.4, 0.5) is 10.5 Å². The molecule has 2 N–H and O–H groups in total. The summed E-state index contributed by atoms with van der Waals surface area (Å²) in [6, 6.07) is 9.19. The van der Waals surface area contributed by atoms with E-state index in [1.165, 1.54) is 5.56 Å². The number of thioether (sulfide) groups is 1. The second-order valence-corrected chi connectivity index (χ2v) is 11.5. The average Bonchev–Trinajstić information content (AvgIpc) is 3.29. The van der Waals surface area contributed by atoms with E-state index in [0.717, 1.165) is 22.0 Å². The first-order valence-electron chi connectivity index (χ1n) is 10.8. The quantitative estimate of drug-likeness (QED) is 0.453. The Morgan fingerprint density at radius 3 is 2.75 bits per heavy atom. The molecule has 6 nitrogen and oxygen atoms in total. The van der Waals surface area contributed by atoms with Gasteiger partial charge in [-0.05, 0) is 65.1 Å². The number of imide groups is 1. The number of urea groups is 1. The predicted molar refractivity (Wildman–Crippen MR) is 129 cm³/mol. The molecule has 2 aromatic rings. The predicted octanol–water partition coefficient (Wildman–Crippen LogP) is 5.12. The minimum Gasteiger partial charge on any atom is -0.324 e. The molecule has 4 rings (SSSR count). The van der Waals surface area contributed by atoms with Crippen LogP contribution >= 0.6 is 23.1 Å². The third kappa shape index (κ3) is 4.86. The zero-order valence-electron chi connectivity index (χ0n) is 18.6. The number of rotatable bonds is 6. The summed E-state index contributed by atoms with van der Waals surface area (Å²) in [7, 11) is 0. The van der Waals surface area contributed by atoms with Crippen molar-refractivity contribution in [3.8, 4) is 0 Å². The first-order valence-corrected chi connectivity index (χ1v) is 12.8. The standard InChI is InChI=1S/C24H29N3O3S2/c1-16-10-23(2,3)15-24(11-16)21(29)27(22(30)26-24)12-20(28)25-18-6-4-5-7-19(18)32-14-17-8-9-31-13-17/h4-9,13,16H,10-12,14-15H2,1-3H3,(H,25,28)(H,26,30). The molecule has 1 spiro atoms. The molecule has 2 fully saturated rings. The Morgan fingerprint density at radius 1 is 1.25 bits per heavy atom. The summed E-state index contributed by atoms with van der Waals surface area (Å²) in [4.78, 5) is 40.8. The van der Waals surface area contributed by atoms with E-state index in [-0.39, 0.29) is 23.8 Å². The van der Waals surface area contributed by atoms with E-state index in [4.69, 9.17) is 0 Å². The van der Waals surface area contributed by atoms with Gasteiger partial charge < -0.3 is 10.6 Å². The van der Waals surface area contributed by atoms with Crippen LogP contribution in [0, 0.1) is 11.3 Å². The molecule has 8 heteroatoms. The van der Waals surface area contributed by atoms with Crippen molar-refractivity contribution in [1.29, 1.82) is 0 Å². The molecule has 0 radical (unpaired) electrons. The minimum absolute atomic E-state index is 0.0442. The van der Waals surface area contributed by atoms with Crippen molar-refractivity contribution in [2.24, 2.45) is 11.3 Å². The molecule has 2 aliphatic rings. The fourth-order valence-corrected chi connectivity index (χ4v) is 6.94. The molecule has 2 unspecified atom stereocenters. The summed E-state index contributed by atoms with van der Waals surface area (Å²) in [6.45, 7) is 6.08. The van der Waals surface area contributed by atoms with Crippen LogP contribution in [0.25, 0.3) is 0 Å². The van der Waals surface area contributed by atoms with Gasteiger partial charge in [0.15, 0.2) is 0 Å². The molecule has 2 heterocycles. The molecule has 4 amide bonds. The highest BCUT2D eigenvalue weighted by Crippen LogP contribution is 2.46. The molecule has 1 aliphatic heterocycles. The monoisotopic (exact) mass is 471 g/mol. The summed E-state index contributed by atoms with van der Waals surface area (Å²) >= 11 is 3.30. The second kappa shape index (κ2) is 8.90. The van der Waals surface area contributed by atoms with Gasteiger partial charge in [-0.15, -0.1) is 11.8 Å². The molecular formula is C24H29N3O3S2. The Kier molecular flexibility index (Phi) is 6.36. The highest BCUT2D eigenvalue weighted by Gasteiger charge is 2.56. The van der Waals surface area contributed by atoms with Gasteiger partial charge in [0.1, 0.15) is 12.1 Å². The molecule has 170 valence electrons. The lowest BCUT2D eigenvalue weighted by Gasteiger charge is -2.43. The van der Waals surface area contributed by atoms with Crippen LogP contribution in [-0.2, 0) is 15.3 Å². The van der Waals surface area contributed by atoms with Crippen molar-refractivity contribution in [3.63, 3.8) is 0 Å². The summed E-state index contributed by atoms with van der Waals surface area (Å²) in [5, 5.41) is 9.97. The third-order valence-corrected chi connectivity index (χ3v) is 7.94. The minimum atomic E-state index is -0.896. The number of nitrogens with one attached hydrogen (secondary N) is 2. The van der Waals surface area contributed by atoms with Gasteiger partial charge in [-0.3, -0.25) is 14.5 Å². The van der Waals surface area contributed by atoms with Crippen molar-refractivity contribution in [1.82, 2.24) is 10.2 Å². The molecule has 1 aromatic carbocycles. The van der Waals surface area contributed by atoms with Gasteiger partial charge in [0.05, 0.1) is 5.69 Å². The molecule has 1 saturated heterocycles. The topological polar surface area (TPSA) is 78.5 Å². The molecular weight excluding hydrogens is 442 g/mol. The van der Waals surface area contributed by atoms with E-state index < -0.39 is 11.6 Å². The van der Waals surface area contributed by atoms with Gasteiger partial charge in [-0.25, -0.2) is 4.79 Å². The van der Waals surface area contributed by atoms with Crippen LogP contribution in [0.2, 0.25) is 0 Å². The highest BCUT2D eigenvalue weighted by molar-refractivity contribution is 7.98. The normalized spacial score (nSPS) is 24.6. The number of hydrogen-bond donors (Lipinski definition) is 2. The maximum Gasteiger partial charge on any atom is 0.325 e. The third-order valence-electron chi connectivity index (χ3n) is 6.06. The SMILES string of the molecule is CC1CC(C)(C)CC2(C1)NC(=O)N(CC(=O)Nc1ccccc1SCc1ccsc1)C2=O. The largest absolute Gasteiger partial charge is 0.325 e. The van der Waals surface area contributed by atoms with E-state index in [9.17, 15) is 14.4 Å². The number of amides is 4. The molecule has 2 atom stereocenters. The maximum absolute atomic E-state index is 13.3. The zero-order chi connectivity index (χ0) is 22.9. The van der Waals surface area contributed by atoms with Gasteiger partial charge in [0.25, 0.3) is 5.91 Å². The number of carbonyl (C=O) groups excluding carboxylic acids is 3. The Bertz CT molecular complexity index is 1020. The van der Waals surface area contributed by atoms with E-state index in [2.05, 4.69) is 42.9 Å². The van der Waals surface area contributed by atoms with Crippen molar-refractivity contribution in [3.05, 3.63) is 46.7 Å². The van der Waals surface area contributed by atoms with E-state index in [0.29, 0.717) is 24.4 Å². The Balaban J connectivity index is 1.42. The van der Waals surface area contributed by atoms with Crippen molar-refractivity contribution in [2.75, 3.05) is 11.9 Å². The van der Waals surface area contributed by atoms with Crippen molar-refractivity contribution < 1.29 is 14.4 Å². The number of hydrogen-bond acceptors (Lipinski definition) is 5. The Labute approximate surface area is 197 Å². The van der Waals surface area contributed by atoms with Gasteiger partial charge >= 0.3 is 6.03 Å². The van der Waals surface area contributed by atoms with Crippen LogP contribution in [0.3, 0.4) is 0 Å². The number of nitrogens with zero attached hydrogens (tertiary/aromatic N) is 1. The average molecular weight is 472 g/mol. The summed E-state index contributed by atoms with van der Waals surface area (Å²) < 4.78 is 0. The lowest BCUT2D eigenvalue weighted by molar-refractivity contribution is -0.136. The number of benzene rings is 1. The summed E-state index contributed by atoms with van der Waals surface area (Å²) in [5.74, 6) is 0.471. The maximum atomic E-state index is 13.3. The van der Waals surface area contributed by atoms with Crippen LogP contribution in [0.5, 0.6) is 0 Å². The van der Waals surface area contributed by atoms with Gasteiger partial charge in [-0.1, -0.05) is 32.9 Å². The molecule has 1 aromatic heterocycles. The first kappa shape index (κ1) is 22.9. The molecule has 1 aliphatic carbocycles. The van der Waals surface area contributed by atoms with E-state index in [1.807, 2.05) is 29.6 Å². The van der Waals surface area contributed by atoms with Crippen molar-refractivity contribution in [2.45, 2.75) is 56.2 Å². The number of para-hydroxylation sites is 1. The lowest BCUT2D eigenvalue weighted by atomic mass is 9.64. The smallest absolute Gasteiger partial charge is 0.324 e. The highest BCUT2D eigenvalue weighted by atomic mass is 32.2. The lowest BCUT2D eigenvalue weighted by Crippen LogP contribution is -2.54. The summed E-state index contributed by atoms with van der Waals surface area (Å²) in [5.41, 5.74) is 0.979. The van der Waals surface area contributed by atoms with Crippen LogP contribution in [-0.4, -0.2) is 34.8 Å². The Hall–Kier alpha value is -2.32. The fraction of sp³-hybridized carbons (Fsp3) is 0.458. The van der Waals surface area contributed by atoms with Crippen molar-refractivity contribution >= 4 is 46.6 Å². The molecule has 1 saturated carbocycles. The number of anilines is 1. The molecule has 0 bridgehead atoms. The van der Waals surface area contributed by atoms with Gasteiger partial charge in [0.2, 0.25) is 5.91 Å².